The van der Waals surface area contributed by atoms with Crippen LogP contribution in [0.15, 0.2) is 24.3 Å². The van der Waals surface area contributed by atoms with Crippen molar-refractivity contribution in [3.63, 3.8) is 0 Å². The van der Waals surface area contributed by atoms with Gasteiger partial charge in [-0.2, -0.15) is 0 Å². The van der Waals surface area contributed by atoms with Gasteiger partial charge >= 0.3 is 0 Å². The molecule has 0 bridgehead atoms. The molecule has 0 radical (unpaired) electrons. The molecule has 21 nitrogen and oxygen atoms in total. The van der Waals surface area contributed by atoms with Gasteiger partial charge in [-0.1, -0.05) is 167 Å². The van der Waals surface area contributed by atoms with Crippen LogP contribution in [0.4, 0.5) is 0 Å². The van der Waals surface area contributed by atoms with Crippen molar-refractivity contribution >= 4 is 34.4 Å². The van der Waals surface area contributed by atoms with Gasteiger partial charge in [0.25, 0.3) is 0 Å². The molecule has 0 spiro atoms. The number of unbranched alkanes of at least 4 members (excludes halogenated alkanes) is 24. The number of ether oxygens (including phenoxy) is 7. The van der Waals surface area contributed by atoms with Crippen molar-refractivity contribution in [3.8, 4) is 0 Å². The molecule has 4 rings (SSSR count). The van der Waals surface area contributed by atoms with E-state index in [1.807, 2.05) is 0 Å². The Balaban J connectivity index is 1.25. The molecule has 0 saturated carbocycles. The molecule has 0 aliphatic carbocycles. The molecule has 22 heteroatoms. The normalized spacial score (nSPS) is 28.6. The highest BCUT2D eigenvalue weighted by Gasteiger charge is 2.52. The van der Waals surface area contributed by atoms with E-state index in [-0.39, 0.29) is 38.6 Å². The van der Waals surface area contributed by atoms with Crippen LogP contribution in [0.3, 0.4) is 0 Å². The van der Waals surface area contributed by atoms with E-state index in [4.69, 9.17) is 33.2 Å². The number of nitrogens with zero attached hydrogens (tertiary/aromatic N) is 1. The second kappa shape index (κ2) is 43.8. The Hall–Kier alpha value is -1.79. The maximum atomic E-state index is 13.8. The number of aryl methyl sites for hydroxylation is 1. The predicted molar refractivity (Wildman–Crippen MR) is 323 cm³/mol. The van der Waals surface area contributed by atoms with E-state index in [0.29, 0.717) is 13.0 Å². The van der Waals surface area contributed by atoms with E-state index >= 15 is 0 Å². The summed E-state index contributed by atoms with van der Waals surface area (Å²) < 4.78 is 42.2. The fourth-order valence-corrected chi connectivity index (χ4v) is 11.5. The van der Waals surface area contributed by atoms with E-state index in [0.717, 1.165) is 58.3 Å². The largest absolute Gasteiger partial charge is 0.394 e. The number of hydrogen-bond donors (Lipinski definition) is 11. The minimum Gasteiger partial charge on any atom is -0.394 e. The molecular formula is C62H109IN2O19. The van der Waals surface area contributed by atoms with E-state index in [1.165, 1.54) is 130 Å². The van der Waals surface area contributed by atoms with Gasteiger partial charge in [0.05, 0.1) is 39.1 Å². The lowest BCUT2D eigenvalue weighted by Crippen LogP contribution is -2.67. The lowest BCUT2D eigenvalue weighted by atomic mass is 9.95. The lowest BCUT2D eigenvalue weighted by Gasteiger charge is -2.47. The molecule has 16 atom stereocenters. The number of rotatable bonds is 46. The summed E-state index contributed by atoms with van der Waals surface area (Å²) in [6.07, 6.45) is 8.11. The maximum Gasteiger partial charge on any atom is 0.222 e. The second-order valence-corrected chi connectivity index (χ2v) is 24.7. The molecule has 3 fully saturated rings. The molecule has 1 aromatic carbocycles. The summed E-state index contributed by atoms with van der Waals surface area (Å²) in [4.78, 5) is 27.4. The SMILES string of the molecule is CCCCCCCCCCCCCCCCOC[C@H](O)CN(CCO[C@@H]1O[C@H](CO[C@H]2O[C@H](CO)[C@@H](O)[C@H](O)[C@@H]2O[C@@H]2O[C@H](CO)[C@@H](O)[C@H](O)[C@H]2NC(C)=O)[C@@H](O)[C@H](O)[C@H]1O)C(=O)CCCCCCCCCCCCCCc1ccc(I)cc1. The first-order valence-corrected chi connectivity index (χ1v) is 33.1. The maximum absolute atomic E-state index is 13.8. The molecule has 488 valence electrons. The van der Waals surface area contributed by atoms with Gasteiger partial charge < -0.3 is 94.4 Å². The van der Waals surface area contributed by atoms with Crippen LogP contribution in [0.25, 0.3) is 0 Å². The van der Waals surface area contributed by atoms with Gasteiger partial charge in [0.15, 0.2) is 18.9 Å². The van der Waals surface area contributed by atoms with Crippen LogP contribution in [-0.2, 0) is 49.2 Å². The van der Waals surface area contributed by atoms with E-state index in [9.17, 15) is 60.7 Å². The zero-order valence-corrected chi connectivity index (χ0v) is 52.6. The summed E-state index contributed by atoms with van der Waals surface area (Å²) >= 11 is 2.34. The molecule has 84 heavy (non-hydrogen) atoms. The van der Waals surface area contributed by atoms with Gasteiger partial charge in [0.1, 0.15) is 73.2 Å². The zero-order valence-electron chi connectivity index (χ0n) is 50.5. The van der Waals surface area contributed by atoms with Gasteiger partial charge in [0, 0.05) is 36.6 Å². The topological polar surface area (TPSA) is 316 Å². The van der Waals surface area contributed by atoms with Crippen LogP contribution in [0.5, 0.6) is 0 Å². The number of halogens is 1. The van der Waals surface area contributed by atoms with Crippen molar-refractivity contribution in [2.75, 3.05) is 52.7 Å². The van der Waals surface area contributed by atoms with Gasteiger partial charge in [-0.15, -0.1) is 0 Å². The minimum atomic E-state index is -1.87. The highest BCUT2D eigenvalue weighted by Crippen LogP contribution is 2.32. The van der Waals surface area contributed by atoms with Gasteiger partial charge in [-0.3, -0.25) is 9.59 Å². The molecule has 3 aliphatic heterocycles. The van der Waals surface area contributed by atoms with Crippen molar-refractivity contribution in [3.05, 3.63) is 33.4 Å². The monoisotopic (exact) mass is 1310 g/mol. The van der Waals surface area contributed by atoms with Crippen molar-refractivity contribution in [2.45, 2.75) is 292 Å². The molecule has 2 amide bonds. The van der Waals surface area contributed by atoms with Crippen molar-refractivity contribution in [2.24, 2.45) is 0 Å². The number of carbonyl (C=O) groups is 2. The third-order valence-corrected chi connectivity index (χ3v) is 17.1. The van der Waals surface area contributed by atoms with E-state index in [1.54, 1.807) is 0 Å². The molecule has 1 aromatic rings. The number of aliphatic hydroxyl groups excluding tert-OH is 10. The quantitative estimate of drug-likeness (QED) is 0.0295. The van der Waals surface area contributed by atoms with Gasteiger partial charge in [0.2, 0.25) is 11.8 Å². The van der Waals surface area contributed by atoms with Crippen LogP contribution >= 0.6 is 22.6 Å². The number of nitrogens with one attached hydrogen (secondary N) is 1. The van der Waals surface area contributed by atoms with Crippen LogP contribution in [-0.4, -0.2) is 219 Å². The average Bonchev–Trinajstić information content (AvgIpc) is 2.46. The third kappa shape index (κ3) is 27.9. The van der Waals surface area contributed by atoms with Gasteiger partial charge in [-0.25, -0.2) is 0 Å². The Kier molecular flexibility index (Phi) is 38.9. The van der Waals surface area contributed by atoms with Crippen molar-refractivity contribution in [1.29, 1.82) is 0 Å². The molecule has 3 saturated heterocycles. The third-order valence-electron chi connectivity index (χ3n) is 16.4. The first-order chi connectivity index (χ1) is 40.6. The summed E-state index contributed by atoms with van der Waals surface area (Å²) in [6, 6.07) is 7.33. The molecular weight excluding hydrogens is 1200 g/mol. The summed E-state index contributed by atoms with van der Waals surface area (Å²) in [5, 5.41) is 110. The first kappa shape index (κ1) is 74.7. The number of benzene rings is 1. The highest BCUT2D eigenvalue weighted by molar-refractivity contribution is 14.1. The summed E-state index contributed by atoms with van der Waals surface area (Å²) in [7, 11) is 0. The van der Waals surface area contributed by atoms with Crippen LogP contribution in [0.1, 0.15) is 193 Å². The van der Waals surface area contributed by atoms with Crippen molar-refractivity contribution in [1.82, 2.24) is 10.2 Å². The fraction of sp³-hybridized carbons (Fsp3) is 0.871. The zero-order chi connectivity index (χ0) is 61.1. The Bertz CT molecular complexity index is 1850. The van der Waals surface area contributed by atoms with Gasteiger partial charge in [-0.05, 0) is 66.0 Å². The summed E-state index contributed by atoms with van der Waals surface area (Å²) in [5.41, 5.74) is 1.41. The Morgan fingerprint density at radius 2 is 1.06 bits per heavy atom. The number of amides is 2. The standard InChI is InChI=1S/C62H109IN2O19/c1-3-4-5-6-7-8-9-10-13-16-19-22-25-28-36-78-41-46(69)38-65(50(70)30-27-24-21-18-15-12-11-14-17-20-23-26-29-44-31-33-45(63)34-32-44)35-37-79-61-58(77)56(75)54(73)49(83-61)42-80-62-59(57(76)53(72)48(40-67)82-62)84-60-51(64-43(2)68)55(74)52(71)47(39-66)81-60/h31-34,46-49,51-62,66-67,69,71-77H,3-30,35-42H2,1-2H3,(H,64,68)/t46-,47-,48-,49-,51-,52-,53-,54-,55-,56+,57+,58-,59+,60+,61-,62+/m1/s1. The number of carbonyl (C=O) groups excluding carboxylic acids is 2. The Labute approximate surface area is 513 Å². The van der Waals surface area contributed by atoms with E-state index < -0.39 is 124 Å². The fourth-order valence-electron chi connectivity index (χ4n) is 11.2. The van der Waals surface area contributed by atoms with Crippen LogP contribution < -0.4 is 5.32 Å². The number of aliphatic hydroxyl groups is 10. The molecule has 0 aromatic heterocycles. The Morgan fingerprint density at radius 3 is 1.61 bits per heavy atom. The predicted octanol–water partition coefficient (Wildman–Crippen LogP) is 5.20. The van der Waals surface area contributed by atoms with E-state index in [2.05, 4.69) is 59.1 Å². The highest BCUT2D eigenvalue weighted by atomic mass is 127. The van der Waals surface area contributed by atoms with Crippen LogP contribution in [0, 0.1) is 3.57 Å². The summed E-state index contributed by atoms with van der Waals surface area (Å²) in [5.74, 6) is -0.844. The molecule has 11 N–H and O–H groups in total. The summed E-state index contributed by atoms with van der Waals surface area (Å²) in [6.45, 7) is 1.45. The minimum absolute atomic E-state index is 0.0168. The smallest absolute Gasteiger partial charge is 0.222 e. The average molecular weight is 1310 g/mol. The lowest BCUT2D eigenvalue weighted by molar-refractivity contribution is -0.363. The number of hydrogen-bond acceptors (Lipinski definition) is 19. The van der Waals surface area contributed by atoms with Crippen LogP contribution in [0.2, 0.25) is 0 Å². The molecule has 3 aliphatic rings. The molecule has 0 unspecified atom stereocenters. The molecule has 3 heterocycles. The van der Waals surface area contributed by atoms with Crippen molar-refractivity contribution < 1.29 is 93.8 Å². The second-order valence-electron chi connectivity index (χ2n) is 23.5. The first-order valence-electron chi connectivity index (χ1n) is 32.0. The Morgan fingerprint density at radius 1 is 0.571 bits per heavy atom.